The van der Waals surface area contributed by atoms with Crippen molar-refractivity contribution in [1.29, 1.82) is 0 Å². The first-order valence-electron chi connectivity index (χ1n) is 3.65. The number of rotatable bonds is 0. The number of phosphoric acid groups is 5. The molecule has 0 aliphatic heterocycles. The standard InChI is InChI=1S/3Nb.5H3O4P/c;;;5*1-5(2,3)4/h;;;5*(H3,1,2,3,4)/q3*+5;;;;;/p-15. The van der Waals surface area contributed by atoms with E-state index in [1.807, 2.05) is 0 Å². The van der Waals surface area contributed by atoms with Crippen LogP contribution in [0, 0.1) is 0 Å². The van der Waals surface area contributed by atoms with Gasteiger partial charge in [0.1, 0.15) is 0 Å². The van der Waals surface area contributed by atoms with Gasteiger partial charge in [0.05, 0.1) is 0 Å². The predicted molar refractivity (Wildman–Crippen MR) is 38.0 cm³/mol. The molecule has 0 aliphatic rings. The summed E-state index contributed by atoms with van der Waals surface area (Å²) in [5.41, 5.74) is 0. The van der Waals surface area contributed by atoms with Crippen LogP contribution in [-0.4, -0.2) is 0 Å². The Hall–Kier alpha value is 2.77. The van der Waals surface area contributed by atoms with Gasteiger partial charge in [-0.15, -0.1) is 0 Å². The Labute approximate surface area is 201 Å². The molecule has 160 valence electrons. The van der Waals surface area contributed by atoms with Crippen LogP contribution in [0.3, 0.4) is 0 Å². The Kier molecular flexibility index (Phi) is 43.1. The van der Waals surface area contributed by atoms with Crippen molar-refractivity contribution in [3.05, 3.63) is 0 Å². The molecule has 0 bridgehead atoms. The van der Waals surface area contributed by atoms with E-state index >= 15 is 0 Å². The van der Waals surface area contributed by atoms with E-state index < -0.39 is 39.1 Å². The smallest absolute Gasteiger partial charge is 0.822 e. The molecular weight excluding hydrogens is 754 g/mol. The molecule has 0 aliphatic carbocycles. The van der Waals surface area contributed by atoms with E-state index in [9.17, 15) is 0 Å². The van der Waals surface area contributed by atoms with Crippen molar-refractivity contribution in [1.82, 2.24) is 0 Å². The van der Waals surface area contributed by atoms with Gasteiger partial charge >= 0.3 is 67.1 Å². The Morgan fingerprint density at radius 1 is 0.250 bits per heavy atom. The molecule has 0 atom stereocenters. The summed E-state index contributed by atoms with van der Waals surface area (Å²) < 4.78 is 42.7. The summed E-state index contributed by atoms with van der Waals surface area (Å²) in [6.07, 6.45) is 0. The SMILES string of the molecule is O=P([O-])([O-])[O-].O=P([O-])([O-])[O-].O=P([O-])([O-])[O-].O=P([O-])([O-])[O-].O=P([O-])([O-])[O-].[Nb+5].[Nb+5].[Nb+5]. The molecule has 0 radical (unpaired) electrons. The minimum Gasteiger partial charge on any atom is -0.822 e. The van der Waals surface area contributed by atoms with Crippen LogP contribution in [0.2, 0.25) is 0 Å². The second kappa shape index (κ2) is 22.9. The molecule has 20 nitrogen and oxygen atoms in total. The molecule has 0 amide bonds. The van der Waals surface area contributed by atoms with Crippen molar-refractivity contribution in [2.45, 2.75) is 0 Å². The molecule has 28 heteroatoms. The van der Waals surface area contributed by atoms with Crippen LogP contribution in [0.5, 0.6) is 0 Å². The molecule has 0 N–H and O–H groups in total. The molecule has 0 aromatic rings. The third kappa shape index (κ3) is 2890. The summed E-state index contributed by atoms with van der Waals surface area (Å²) in [4.78, 5) is 128. The quantitative estimate of drug-likeness (QED) is 0.164. The van der Waals surface area contributed by atoms with Crippen LogP contribution < -0.4 is 73.4 Å². The summed E-state index contributed by atoms with van der Waals surface area (Å²) in [7, 11) is -26.9. The molecule has 0 heterocycles. The monoisotopic (exact) mass is 753 g/mol. The summed E-state index contributed by atoms with van der Waals surface area (Å²) in [5.74, 6) is 0. The molecule has 0 saturated heterocycles. The van der Waals surface area contributed by atoms with Crippen molar-refractivity contribution in [3.63, 3.8) is 0 Å². The Morgan fingerprint density at radius 2 is 0.250 bits per heavy atom. The third-order valence-electron chi connectivity index (χ3n) is 0. The van der Waals surface area contributed by atoms with Crippen molar-refractivity contribution in [2.75, 3.05) is 0 Å². The number of hydrogen-bond acceptors (Lipinski definition) is 20. The van der Waals surface area contributed by atoms with Crippen LogP contribution in [0.25, 0.3) is 0 Å². The van der Waals surface area contributed by atoms with E-state index in [-0.39, 0.29) is 67.1 Å². The zero-order valence-corrected chi connectivity index (χ0v) is 22.8. The van der Waals surface area contributed by atoms with E-state index in [0.29, 0.717) is 0 Å². The summed E-state index contributed by atoms with van der Waals surface area (Å²) >= 11 is 0. The maximum absolute atomic E-state index is 8.55. The normalized spacial score (nSPS) is 10.5. The molecule has 0 aromatic heterocycles. The van der Waals surface area contributed by atoms with Gasteiger partial charge in [-0.25, -0.2) is 0 Å². The van der Waals surface area contributed by atoms with Crippen LogP contribution in [0.4, 0.5) is 0 Å². The van der Waals surface area contributed by atoms with E-state index in [1.165, 1.54) is 0 Å². The Morgan fingerprint density at radius 3 is 0.250 bits per heavy atom. The summed E-state index contributed by atoms with van der Waals surface area (Å²) in [5, 5.41) is 0. The molecule has 0 spiro atoms. The molecule has 28 heavy (non-hydrogen) atoms. The van der Waals surface area contributed by atoms with Gasteiger partial charge in [0.15, 0.2) is 0 Å². The Bertz CT molecular complexity index is 379. The minimum atomic E-state index is -5.39. The van der Waals surface area contributed by atoms with Gasteiger partial charge in [-0.05, 0) is 0 Å². The van der Waals surface area contributed by atoms with E-state index in [2.05, 4.69) is 0 Å². The van der Waals surface area contributed by atoms with Crippen LogP contribution in [-0.2, 0) is 90.0 Å². The summed E-state index contributed by atoms with van der Waals surface area (Å²) in [6.45, 7) is 0. The second-order valence-electron chi connectivity index (χ2n) is 2.24. The fourth-order valence-electron chi connectivity index (χ4n) is 0. The Balaban J connectivity index is -0.0000000290. The van der Waals surface area contributed by atoms with Crippen molar-refractivity contribution < 1.29 is 163 Å². The minimum absolute atomic E-state index is 0. The first-order chi connectivity index (χ1) is 10.0. The van der Waals surface area contributed by atoms with Crippen molar-refractivity contribution in [3.8, 4) is 0 Å². The predicted octanol–water partition coefficient (Wildman–Crippen LogP) is -14.1. The topological polar surface area (TPSA) is 431 Å². The summed E-state index contributed by atoms with van der Waals surface area (Å²) in [6, 6.07) is 0. The molecule has 0 rings (SSSR count). The van der Waals surface area contributed by atoms with E-state index in [1.54, 1.807) is 0 Å². The largest absolute Gasteiger partial charge is 5.00 e. The maximum atomic E-state index is 8.55. The van der Waals surface area contributed by atoms with Crippen molar-refractivity contribution in [2.24, 2.45) is 0 Å². The van der Waals surface area contributed by atoms with Gasteiger partial charge in [-0.1, -0.05) is 0 Å². The maximum Gasteiger partial charge on any atom is 5.00 e. The van der Waals surface area contributed by atoms with Crippen LogP contribution >= 0.6 is 39.1 Å². The zero-order valence-electron chi connectivity index (χ0n) is 11.7. The number of hydrogen-bond donors (Lipinski definition) is 0. The van der Waals surface area contributed by atoms with E-state index in [0.717, 1.165) is 0 Å². The zero-order chi connectivity index (χ0) is 22.5. The van der Waals surface area contributed by atoms with Gasteiger partial charge in [0, 0.05) is 0 Å². The average Bonchev–Trinajstić information content (AvgIpc) is 1.79. The molecular formula is Nb3O20P5. The third-order valence-corrected chi connectivity index (χ3v) is 0. The molecule has 0 unspecified atom stereocenters. The molecule has 0 fully saturated rings. The first kappa shape index (κ1) is 52.6. The van der Waals surface area contributed by atoms with Gasteiger partial charge in [0.2, 0.25) is 0 Å². The second-order valence-corrected chi connectivity index (χ2v) is 6.71. The fourth-order valence-corrected chi connectivity index (χ4v) is 0. The fraction of sp³-hybridized carbons (Fsp3) is 0. The van der Waals surface area contributed by atoms with Crippen LogP contribution in [0.1, 0.15) is 0 Å². The average molecular weight is 754 g/mol. The first-order valence-corrected chi connectivity index (χ1v) is 11.0. The van der Waals surface area contributed by atoms with E-state index in [4.69, 9.17) is 96.2 Å². The molecule has 0 aromatic carbocycles. The van der Waals surface area contributed by atoms with Gasteiger partial charge < -0.3 is 96.2 Å². The van der Waals surface area contributed by atoms with Crippen molar-refractivity contribution >= 4 is 39.1 Å². The van der Waals surface area contributed by atoms with Crippen LogP contribution in [0.15, 0.2) is 0 Å². The van der Waals surface area contributed by atoms with Gasteiger partial charge in [-0.2, -0.15) is 39.1 Å². The molecule has 0 saturated carbocycles. The van der Waals surface area contributed by atoms with Gasteiger partial charge in [-0.3, -0.25) is 0 Å². The van der Waals surface area contributed by atoms with Gasteiger partial charge in [0.25, 0.3) is 0 Å².